The molecule has 1 aromatic heterocycles. The van der Waals surface area contributed by atoms with E-state index in [1.54, 1.807) is 0 Å². The molecular formula is C23H26Cl2N2. The Labute approximate surface area is 172 Å². The predicted molar refractivity (Wildman–Crippen MR) is 119 cm³/mol. The van der Waals surface area contributed by atoms with E-state index in [0.29, 0.717) is 0 Å². The Morgan fingerprint density at radius 1 is 1.04 bits per heavy atom. The Balaban J connectivity index is 0.00000210. The molecule has 0 atom stereocenters. The molecule has 1 aliphatic heterocycles. The maximum atomic E-state index is 6.14. The van der Waals surface area contributed by atoms with Crippen LogP contribution in [-0.2, 0) is 6.42 Å². The molecule has 2 aromatic carbocycles. The SMILES string of the molecule is Cl.Clc1ccc2[nH]cc(CCCCN3CC=C(c4ccccc4)CC3)c2c1. The summed E-state index contributed by atoms with van der Waals surface area (Å²) in [5.74, 6) is 0. The van der Waals surface area contributed by atoms with E-state index in [9.17, 15) is 0 Å². The topological polar surface area (TPSA) is 19.0 Å². The van der Waals surface area contributed by atoms with Gasteiger partial charge in [0.25, 0.3) is 0 Å². The molecule has 2 nitrogen and oxygen atoms in total. The fraction of sp³-hybridized carbons (Fsp3) is 0.304. The second-order valence-corrected chi connectivity index (χ2v) is 7.54. The molecule has 3 aromatic rings. The van der Waals surface area contributed by atoms with Gasteiger partial charge in [0.05, 0.1) is 0 Å². The van der Waals surface area contributed by atoms with Gasteiger partial charge in [-0.05, 0) is 67.1 Å². The molecule has 4 heteroatoms. The summed E-state index contributed by atoms with van der Waals surface area (Å²) in [5.41, 5.74) is 5.44. The van der Waals surface area contributed by atoms with Crippen molar-refractivity contribution in [3.8, 4) is 0 Å². The van der Waals surface area contributed by atoms with Crippen molar-refractivity contribution in [2.75, 3.05) is 19.6 Å². The first-order valence-corrected chi connectivity index (χ1v) is 9.90. The Bertz CT molecular complexity index is 899. The molecule has 0 amide bonds. The normalized spacial score (nSPS) is 14.8. The van der Waals surface area contributed by atoms with Crippen LogP contribution < -0.4 is 0 Å². The summed E-state index contributed by atoms with van der Waals surface area (Å²) in [5, 5.41) is 2.08. The lowest BCUT2D eigenvalue weighted by molar-refractivity contribution is 0.295. The fourth-order valence-electron chi connectivity index (χ4n) is 3.84. The van der Waals surface area contributed by atoms with E-state index in [-0.39, 0.29) is 12.4 Å². The van der Waals surface area contributed by atoms with Gasteiger partial charge in [-0.2, -0.15) is 0 Å². The van der Waals surface area contributed by atoms with E-state index in [1.807, 2.05) is 6.07 Å². The minimum Gasteiger partial charge on any atom is -0.361 e. The van der Waals surface area contributed by atoms with Crippen LogP contribution in [0.3, 0.4) is 0 Å². The third-order valence-corrected chi connectivity index (χ3v) is 5.57. The highest BCUT2D eigenvalue weighted by Crippen LogP contribution is 2.24. The third-order valence-electron chi connectivity index (χ3n) is 5.34. The van der Waals surface area contributed by atoms with E-state index in [0.717, 1.165) is 24.4 Å². The molecule has 1 aliphatic rings. The standard InChI is InChI=1S/C23H25ClN2.ClH/c24-21-9-10-23-22(16-21)20(17-25-23)8-4-5-13-26-14-11-19(12-15-26)18-6-2-1-3-7-18;/h1-3,6-7,9-11,16-17,25H,4-5,8,12-15H2;1H. The lowest BCUT2D eigenvalue weighted by Gasteiger charge is -2.26. The zero-order valence-electron chi connectivity index (χ0n) is 15.5. The molecule has 0 saturated heterocycles. The minimum atomic E-state index is 0. The van der Waals surface area contributed by atoms with Gasteiger partial charge in [0.1, 0.15) is 0 Å². The summed E-state index contributed by atoms with van der Waals surface area (Å²) < 4.78 is 0. The molecule has 142 valence electrons. The summed E-state index contributed by atoms with van der Waals surface area (Å²) >= 11 is 6.14. The zero-order valence-corrected chi connectivity index (χ0v) is 17.0. The van der Waals surface area contributed by atoms with Crippen LogP contribution >= 0.6 is 24.0 Å². The van der Waals surface area contributed by atoms with Gasteiger partial charge >= 0.3 is 0 Å². The largest absolute Gasteiger partial charge is 0.361 e. The summed E-state index contributed by atoms with van der Waals surface area (Å²) in [7, 11) is 0. The monoisotopic (exact) mass is 400 g/mol. The summed E-state index contributed by atoms with van der Waals surface area (Å²) in [6.07, 6.45) is 9.26. The smallest absolute Gasteiger partial charge is 0.0457 e. The second-order valence-electron chi connectivity index (χ2n) is 7.11. The van der Waals surface area contributed by atoms with Crippen LogP contribution in [0.25, 0.3) is 16.5 Å². The number of hydrogen-bond donors (Lipinski definition) is 1. The third kappa shape index (κ3) is 4.95. The van der Waals surface area contributed by atoms with Crippen LogP contribution in [0.1, 0.15) is 30.4 Å². The van der Waals surface area contributed by atoms with Crippen LogP contribution in [0.5, 0.6) is 0 Å². The quantitative estimate of drug-likeness (QED) is 0.477. The van der Waals surface area contributed by atoms with Crippen LogP contribution in [0.4, 0.5) is 0 Å². The van der Waals surface area contributed by atoms with Crippen molar-refractivity contribution in [2.45, 2.75) is 25.7 Å². The molecule has 0 bridgehead atoms. The van der Waals surface area contributed by atoms with Gasteiger partial charge in [-0.15, -0.1) is 12.4 Å². The molecule has 2 heterocycles. The van der Waals surface area contributed by atoms with Crippen LogP contribution in [0.15, 0.2) is 60.8 Å². The molecule has 0 aliphatic carbocycles. The summed E-state index contributed by atoms with van der Waals surface area (Å²) in [6, 6.07) is 16.8. The lowest BCUT2D eigenvalue weighted by atomic mass is 9.99. The average molecular weight is 401 g/mol. The minimum absolute atomic E-state index is 0. The first-order chi connectivity index (χ1) is 12.8. The second kappa shape index (κ2) is 9.45. The molecular weight excluding hydrogens is 375 g/mol. The van der Waals surface area contributed by atoms with Crippen LogP contribution in [0.2, 0.25) is 5.02 Å². The molecule has 0 spiro atoms. The molecule has 0 radical (unpaired) electrons. The van der Waals surface area contributed by atoms with Gasteiger partial charge < -0.3 is 4.98 Å². The van der Waals surface area contributed by atoms with E-state index >= 15 is 0 Å². The number of fused-ring (bicyclic) bond motifs is 1. The number of hydrogen-bond acceptors (Lipinski definition) is 1. The van der Waals surface area contributed by atoms with Gasteiger partial charge in [0.15, 0.2) is 0 Å². The molecule has 0 fully saturated rings. The number of aromatic amines is 1. The number of aromatic nitrogens is 1. The highest BCUT2D eigenvalue weighted by atomic mass is 35.5. The highest BCUT2D eigenvalue weighted by molar-refractivity contribution is 6.31. The van der Waals surface area contributed by atoms with E-state index in [2.05, 4.69) is 64.6 Å². The van der Waals surface area contributed by atoms with Gasteiger partial charge in [-0.1, -0.05) is 48.0 Å². The zero-order chi connectivity index (χ0) is 17.8. The van der Waals surface area contributed by atoms with Crippen molar-refractivity contribution in [2.24, 2.45) is 0 Å². The molecule has 0 unspecified atom stereocenters. The van der Waals surface area contributed by atoms with Crippen molar-refractivity contribution in [3.63, 3.8) is 0 Å². The number of nitrogens with one attached hydrogen (secondary N) is 1. The molecule has 1 N–H and O–H groups in total. The Morgan fingerprint density at radius 3 is 2.67 bits per heavy atom. The number of benzene rings is 2. The van der Waals surface area contributed by atoms with Crippen molar-refractivity contribution >= 4 is 40.5 Å². The number of unbranched alkanes of at least 4 members (excludes halogenated alkanes) is 1. The van der Waals surface area contributed by atoms with Gasteiger partial charge in [0.2, 0.25) is 0 Å². The van der Waals surface area contributed by atoms with Crippen molar-refractivity contribution in [3.05, 3.63) is 77.0 Å². The van der Waals surface area contributed by atoms with Crippen molar-refractivity contribution in [1.82, 2.24) is 9.88 Å². The fourth-order valence-corrected chi connectivity index (χ4v) is 4.01. The number of halogens is 2. The van der Waals surface area contributed by atoms with E-state index < -0.39 is 0 Å². The van der Waals surface area contributed by atoms with Crippen LogP contribution in [0, 0.1) is 0 Å². The maximum Gasteiger partial charge on any atom is 0.0457 e. The Kier molecular flexibility index (Phi) is 7.01. The molecule has 4 rings (SSSR count). The lowest BCUT2D eigenvalue weighted by Crippen LogP contribution is -2.29. The predicted octanol–water partition coefficient (Wildman–Crippen LogP) is 6.36. The summed E-state index contributed by atoms with van der Waals surface area (Å²) in [6.45, 7) is 3.43. The Morgan fingerprint density at radius 2 is 1.89 bits per heavy atom. The molecule has 0 saturated carbocycles. The van der Waals surface area contributed by atoms with Gasteiger partial charge in [-0.3, -0.25) is 4.90 Å². The van der Waals surface area contributed by atoms with Gasteiger partial charge in [-0.25, -0.2) is 0 Å². The number of rotatable bonds is 6. The number of nitrogens with zero attached hydrogens (tertiary/aromatic N) is 1. The van der Waals surface area contributed by atoms with Crippen LogP contribution in [-0.4, -0.2) is 29.5 Å². The highest BCUT2D eigenvalue weighted by Gasteiger charge is 2.12. The van der Waals surface area contributed by atoms with E-state index in [1.165, 1.54) is 53.5 Å². The number of H-pyrrole nitrogens is 1. The average Bonchev–Trinajstić information content (AvgIpc) is 3.08. The maximum absolute atomic E-state index is 6.14. The van der Waals surface area contributed by atoms with Gasteiger partial charge in [0, 0.05) is 35.2 Å². The van der Waals surface area contributed by atoms with Crippen molar-refractivity contribution in [1.29, 1.82) is 0 Å². The summed E-state index contributed by atoms with van der Waals surface area (Å²) in [4.78, 5) is 5.92. The molecule has 27 heavy (non-hydrogen) atoms. The van der Waals surface area contributed by atoms with Crippen molar-refractivity contribution < 1.29 is 0 Å². The first kappa shape index (κ1) is 20.0. The Hall–Kier alpha value is -1.74. The number of aryl methyl sites for hydroxylation is 1. The first-order valence-electron chi connectivity index (χ1n) is 9.52. The van der Waals surface area contributed by atoms with E-state index in [4.69, 9.17) is 11.6 Å².